The van der Waals surface area contributed by atoms with Crippen LogP contribution < -0.4 is 0 Å². The van der Waals surface area contributed by atoms with Crippen LogP contribution in [0, 0.1) is 23.7 Å². The molecular formula is C38H69NO13. The van der Waals surface area contributed by atoms with Crippen molar-refractivity contribution in [2.24, 2.45) is 23.7 Å². The zero-order chi connectivity index (χ0) is 39.7. The van der Waals surface area contributed by atoms with Crippen LogP contribution >= 0.6 is 0 Å². The average molecular weight is 748 g/mol. The molecule has 0 aliphatic carbocycles. The molecule has 0 radical (unpaired) electrons. The molecule has 0 amide bonds. The molecule has 3 fully saturated rings. The van der Waals surface area contributed by atoms with Crippen LogP contribution in [0.25, 0.3) is 0 Å². The predicted octanol–water partition coefficient (Wildman–Crippen LogP) is 2.18. The molecule has 0 bridgehead atoms. The topological polar surface area (TPSA) is 194 Å². The molecule has 304 valence electrons. The molecule has 14 heteroatoms. The van der Waals surface area contributed by atoms with Crippen LogP contribution in [-0.2, 0) is 38.0 Å². The van der Waals surface area contributed by atoms with Gasteiger partial charge in [-0.15, -0.1) is 0 Å². The van der Waals surface area contributed by atoms with E-state index in [-0.39, 0.29) is 37.8 Å². The summed E-state index contributed by atoms with van der Waals surface area (Å²) in [6.07, 6.45) is -9.57. The first-order valence-electron chi connectivity index (χ1n) is 19.1. The first-order valence-corrected chi connectivity index (χ1v) is 19.1. The summed E-state index contributed by atoms with van der Waals surface area (Å²) in [4.78, 5) is 30.0. The Morgan fingerprint density at radius 2 is 1.50 bits per heavy atom. The van der Waals surface area contributed by atoms with Gasteiger partial charge in [-0.1, -0.05) is 34.6 Å². The van der Waals surface area contributed by atoms with Crippen LogP contribution in [0.3, 0.4) is 0 Å². The molecule has 0 aromatic heterocycles. The molecule has 52 heavy (non-hydrogen) atoms. The van der Waals surface area contributed by atoms with Gasteiger partial charge in [-0.3, -0.25) is 9.59 Å². The van der Waals surface area contributed by atoms with E-state index in [1.165, 1.54) is 21.0 Å². The van der Waals surface area contributed by atoms with Crippen molar-refractivity contribution in [1.82, 2.24) is 4.90 Å². The average Bonchev–Trinajstić information content (AvgIpc) is 3.09. The predicted molar refractivity (Wildman–Crippen MR) is 191 cm³/mol. The number of aliphatic hydroxyl groups is 5. The summed E-state index contributed by atoms with van der Waals surface area (Å²) in [6, 6.07) is -0.324. The second-order valence-corrected chi connectivity index (χ2v) is 16.6. The van der Waals surface area contributed by atoms with Crippen LogP contribution in [0.2, 0.25) is 0 Å². The van der Waals surface area contributed by atoms with E-state index in [0.29, 0.717) is 6.42 Å². The normalized spacial score (nSPS) is 49.0. The van der Waals surface area contributed by atoms with Crippen LogP contribution in [0.4, 0.5) is 0 Å². The molecule has 18 atom stereocenters. The zero-order valence-corrected chi connectivity index (χ0v) is 33.6. The van der Waals surface area contributed by atoms with Crippen molar-refractivity contribution in [2.75, 3.05) is 21.2 Å². The lowest BCUT2D eigenvalue weighted by Crippen LogP contribution is -2.61. The molecule has 3 saturated heterocycles. The molecule has 0 aromatic rings. The van der Waals surface area contributed by atoms with E-state index in [0.717, 1.165) is 0 Å². The van der Waals surface area contributed by atoms with Gasteiger partial charge in [0.05, 0.1) is 47.6 Å². The number of ketones is 1. The zero-order valence-electron chi connectivity index (χ0n) is 33.6. The summed E-state index contributed by atoms with van der Waals surface area (Å²) in [7, 11) is 5.19. The molecule has 5 N–H and O–H groups in total. The number of hydrogen-bond donors (Lipinski definition) is 5. The Morgan fingerprint density at radius 1 is 0.885 bits per heavy atom. The third-order valence-corrected chi connectivity index (χ3v) is 12.3. The van der Waals surface area contributed by atoms with E-state index >= 15 is 0 Å². The molecule has 0 unspecified atom stereocenters. The summed E-state index contributed by atoms with van der Waals surface area (Å²) in [5.41, 5.74) is -4.80. The highest BCUT2D eigenvalue weighted by Gasteiger charge is 2.54. The number of esters is 1. The number of carbonyl (C=O) groups is 2. The number of likely N-dealkylation sites (N-methyl/N-ethyl adjacent to an activating group) is 1. The van der Waals surface area contributed by atoms with E-state index in [4.69, 9.17) is 28.4 Å². The second kappa shape index (κ2) is 17.7. The number of methoxy groups -OCH3 is 1. The minimum atomic E-state index is -2.00. The lowest BCUT2D eigenvalue weighted by Gasteiger charge is -2.49. The van der Waals surface area contributed by atoms with Gasteiger partial charge in [-0.05, 0) is 74.4 Å². The van der Waals surface area contributed by atoms with Crippen LogP contribution in [0.15, 0.2) is 0 Å². The molecule has 3 heterocycles. The Labute approximate surface area is 310 Å². The van der Waals surface area contributed by atoms with Crippen LogP contribution in [-0.4, -0.2) is 148 Å². The Bertz CT molecular complexity index is 1190. The Hall–Kier alpha value is -1.30. The molecular weight excluding hydrogens is 678 g/mol. The fourth-order valence-electron chi connectivity index (χ4n) is 8.57. The lowest BCUT2D eigenvalue weighted by atomic mass is 9.72. The Kier molecular flexibility index (Phi) is 15.3. The van der Waals surface area contributed by atoms with Crippen LogP contribution in [0.5, 0.6) is 0 Å². The van der Waals surface area contributed by atoms with E-state index in [2.05, 4.69) is 0 Å². The molecule has 3 rings (SSSR count). The number of aliphatic hydroxyl groups excluding tert-OH is 3. The van der Waals surface area contributed by atoms with Crippen molar-refractivity contribution in [2.45, 2.75) is 186 Å². The van der Waals surface area contributed by atoms with Gasteiger partial charge < -0.3 is 58.9 Å². The van der Waals surface area contributed by atoms with Crippen molar-refractivity contribution in [3.05, 3.63) is 0 Å². The van der Waals surface area contributed by atoms with E-state index in [9.17, 15) is 35.1 Å². The number of carbonyl (C=O) groups excluding carboxylic acids is 2. The second-order valence-electron chi connectivity index (χ2n) is 16.6. The summed E-state index contributed by atoms with van der Waals surface area (Å²) < 4.78 is 37.3. The number of nitrogens with zero attached hydrogens (tertiary/aromatic N) is 1. The lowest BCUT2D eigenvalue weighted by molar-refractivity contribution is -0.319. The fourth-order valence-corrected chi connectivity index (χ4v) is 8.57. The van der Waals surface area contributed by atoms with Gasteiger partial charge in [-0.2, -0.15) is 0 Å². The summed E-state index contributed by atoms with van der Waals surface area (Å²) in [5.74, 6) is -4.95. The van der Waals surface area contributed by atoms with Gasteiger partial charge >= 0.3 is 5.97 Å². The van der Waals surface area contributed by atoms with Gasteiger partial charge in [0.15, 0.2) is 12.6 Å². The van der Waals surface area contributed by atoms with Gasteiger partial charge in [0, 0.05) is 37.3 Å². The Balaban J connectivity index is 2.22. The number of hydrogen-bond acceptors (Lipinski definition) is 14. The third kappa shape index (κ3) is 9.38. The number of ether oxygens (including phenoxy) is 6. The number of rotatable bonds is 8. The summed E-state index contributed by atoms with van der Waals surface area (Å²) in [5, 5.41) is 58.1. The summed E-state index contributed by atoms with van der Waals surface area (Å²) in [6.45, 7) is 16.7. The maximum Gasteiger partial charge on any atom is 0.311 e. The standard InChI is InChI=1S/C38H69NO13/c1-14-26-37(10,45)31(42)21(5)28(40)19(3)17-38(46,15-2)33(52-35-29(41)25(39(11)12)16-20(4)48-35)22(6)30(23(7)34(44)50-26)51-27-18-36(9,47-13)32(43)24(8)49-27/h19-27,29-33,35,41-43,45-46H,14-18H2,1-13H3/t19-,20-,21+,22+,23-,24+,25+,26-,27+,29-,30+,31-,32+,33-,35+,36-,37-,38-/m1/s1. The van der Waals surface area contributed by atoms with E-state index < -0.39 is 108 Å². The van der Waals surface area contributed by atoms with Crippen molar-refractivity contribution in [3.63, 3.8) is 0 Å². The highest BCUT2D eigenvalue weighted by Crippen LogP contribution is 2.41. The first-order chi connectivity index (χ1) is 24.0. The Morgan fingerprint density at radius 3 is 2.04 bits per heavy atom. The highest BCUT2D eigenvalue weighted by molar-refractivity contribution is 5.83. The molecule has 3 aliphatic rings. The van der Waals surface area contributed by atoms with Gasteiger partial charge in [0.25, 0.3) is 0 Å². The molecule has 0 saturated carbocycles. The molecule has 14 nitrogen and oxygen atoms in total. The SMILES string of the molecule is CC[C@H]1OC(=O)[C@H](C)[C@@H](O[C@H]2C[C@@](C)(OC)[C@@H](O)[C@H](C)O2)[C@H](C)[C@@H](O[C@@H]2O[C@H](C)C[C@H](N(C)C)[C@H]2O)[C@@](O)(CC)C[C@@H](C)C(=O)[C@H](C)[C@@H](O)[C@]1(C)O. The van der Waals surface area contributed by atoms with Gasteiger partial charge in [0.2, 0.25) is 0 Å². The molecule has 0 aromatic carbocycles. The molecule has 0 spiro atoms. The number of cyclic esters (lactones) is 1. The maximum absolute atomic E-state index is 14.1. The number of Topliss-reactive ketones (excluding diaryl/α,β-unsaturated/α-hetero) is 1. The van der Waals surface area contributed by atoms with Crippen LogP contribution in [0.1, 0.15) is 101 Å². The van der Waals surface area contributed by atoms with Gasteiger partial charge in [0.1, 0.15) is 29.7 Å². The quantitative estimate of drug-likeness (QED) is 0.227. The molecule has 3 aliphatic heterocycles. The van der Waals surface area contributed by atoms with E-state index in [1.54, 1.807) is 48.5 Å². The van der Waals surface area contributed by atoms with Gasteiger partial charge in [-0.25, -0.2) is 0 Å². The van der Waals surface area contributed by atoms with Crippen molar-refractivity contribution in [1.29, 1.82) is 0 Å². The minimum Gasteiger partial charge on any atom is -0.459 e. The van der Waals surface area contributed by atoms with Crippen molar-refractivity contribution >= 4 is 11.8 Å². The summed E-state index contributed by atoms with van der Waals surface area (Å²) >= 11 is 0. The monoisotopic (exact) mass is 747 g/mol. The fraction of sp³-hybridized carbons (Fsp3) is 0.947. The largest absolute Gasteiger partial charge is 0.459 e. The smallest absolute Gasteiger partial charge is 0.311 e. The van der Waals surface area contributed by atoms with Crippen molar-refractivity contribution in [3.8, 4) is 0 Å². The van der Waals surface area contributed by atoms with Crippen molar-refractivity contribution < 1.29 is 63.5 Å². The minimum absolute atomic E-state index is 0.0952. The third-order valence-electron chi connectivity index (χ3n) is 12.3. The highest BCUT2D eigenvalue weighted by atomic mass is 16.7. The van der Waals surface area contributed by atoms with E-state index in [1.807, 2.05) is 25.9 Å². The maximum atomic E-state index is 14.1. The first kappa shape index (κ1) is 45.1.